The molecule has 0 saturated heterocycles. The lowest BCUT2D eigenvalue weighted by Gasteiger charge is -2.00. The highest BCUT2D eigenvalue weighted by Crippen LogP contribution is 2.27. The smallest absolute Gasteiger partial charge is 0.332 e. The van der Waals surface area contributed by atoms with Crippen molar-refractivity contribution in [1.82, 2.24) is 15.0 Å². The number of carbonyl (C=O) groups is 1. The normalized spacial score (nSPS) is 10.8. The van der Waals surface area contributed by atoms with Crippen molar-refractivity contribution in [2.45, 2.75) is 13.8 Å². The molecule has 2 aromatic heterocycles. The minimum atomic E-state index is -0.800. The van der Waals surface area contributed by atoms with Crippen LogP contribution in [0.25, 0.3) is 22.3 Å². The van der Waals surface area contributed by atoms with E-state index in [1.807, 2.05) is 32.0 Å². The van der Waals surface area contributed by atoms with Gasteiger partial charge in [-0.05, 0) is 37.6 Å². The minimum Gasteiger partial charge on any atom is -0.356 e. The van der Waals surface area contributed by atoms with Crippen molar-refractivity contribution in [2.24, 2.45) is 5.18 Å². The second-order valence-corrected chi connectivity index (χ2v) is 4.99. The number of amides is 1. The summed E-state index contributed by atoms with van der Waals surface area (Å²) in [6.45, 7) is 4.65. The highest BCUT2D eigenvalue weighted by Gasteiger charge is 2.14. The number of nitrogens with zero attached hydrogens (tertiary/aromatic N) is 2. The molecule has 0 bridgehead atoms. The van der Waals surface area contributed by atoms with E-state index in [0.717, 1.165) is 40.3 Å². The van der Waals surface area contributed by atoms with Gasteiger partial charge in [0.2, 0.25) is 5.95 Å². The van der Waals surface area contributed by atoms with Crippen molar-refractivity contribution in [3.05, 3.63) is 40.4 Å². The van der Waals surface area contributed by atoms with Crippen molar-refractivity contribution >= 4 is 22.9 Å². The molecule has 1 aromatic carbocycles. The fourth-order valence-electron chi connectivity index (χ4n) is 2.44. The number of benzene rings is 1. The first-order chi connectivity index (χ1) is 10.6. The van der Waals surface area contributed by atoms with Crippen LogP contribution < -0.4 is 5.32 Å². The van der Waals surface area contributed by atoms with Gasteiger partial charge in [-0.15, -0.1) is 4.91 Å². The maximum Gasteiger partial charge on any atom is 0.332 e. The van der Waals surface area contributed by atoms with Gasteiger partial charge in [0.25, 0.3) is 0 Å². The number of nitrogens with one attached hydrogen (secondary N) is 3. The van der Waals surface area contributed by atoms with Crippen molar-refractivity contribution in [1.29, 1.82) is 0 Å². The number of nitroso groups, excluding NO2 is 1. The van der Waals surface area contributed by atoms with Crippen LogP contribution in [0.5, 0.6) is 0 Å². The zero-order valence-corrected chi connectivity index (χ0v) is 12.2. The number of aromatic nitrogens is 3. The summed E-state index contributed by atoms with van der Waals surface area (Å²) in [6, 6.07) is 7.40. The van der Waals surface area contributed by atoms with Crippen LogP contribution in [-0.2, 0) is 0 Å². The van der Waals surface area contributed by atoms with E-state index in [0.29, 0.717) is 0 Å². The fourth-order valence-corrected chi connectivity index (χ4v) is 2.44. The fraction of sp³-hybridized carbons (Fsp3) is 0.200. The first-order valence-electron chi connectivity index (χ1n) is 6.93. The molecule has 0 atom stereocenters. The Kier molecular flexibility index (Phi) is 3.46. The van der Waals surface area contributed by atoms with Gasteiger partial charge in [-0.25, -0.2) is 4.98 Å². The van der Waals surface area contributed by atoms with Crippen LogP contribution >= 0.6 is 0 Å². The Labute approximate surface area is 126 Å². The van der Waals surface area contributed by atoms with E-state index < -0.39 is 5.91 Å². The summed E-state index contributed by atoms with van der Waals surface area (Å²) in [6.07, 6.45) is 0. The maximum absolute atomic E-state index is 11.4. The number of anilines is 1. The summed E-state index contributed by atoms with van der Waals surface area (Å²) in [7, 11) is 0. The molecular weight excluding hydrogens is 282 g/mol. The van der Waals surface area contributed by atoms with Crippen molar-refractivity contribution in [2.75, 3.05) is 11.9 Å². The van der Waals surface area contributed by atoms with E-state index in [1.165, 1.54) is 0 Å². The van der Waals surface area contributed by atoms with Crippen LogP contribution in [0, 0.1) is 11.8 Å². The molecule has 0 saturated carbocycles. The van der Waals surface area contributed by atoms with Crippen LogP contribution in [-0.4, -0.2) is 27.4 Å². The van der Waals surface area contributed by atoms with Gasteiger partial charge in [-0.2, -0.15) is 0 Å². The van der Waals surface area contributed by atoms with Crippen LogP contribution in [0.3, 0.4) is 0 Å². The van der Waals surface area contributed by atoms with Gasteiger partial charge in [0.05, 0.1) is 11.0 Å². The summed E-state index contributed by atoms with van der Waals surface area (Å²) < 4.78 is 0. The van der Waals surface area contributed by atoms with Crippen LogP contribution in [0.4, 0.5) is 5.95 Å². The number of aromatic amines is 2. The van der Waals surface area contributed by atoms with Gasteiger partial charge in [-0.1, -0.05) is 6.07 Å². The third-order valence-corrected chi connectivity index (χ3v) is 3.44. The molecular formula is C15H15N5O2. The van der Waals surface area contributed by atoms with E-state index in [-0.39, 0.29) is 5.69 Å². The molecule has 0 aliphatic rings. The number of hydrogen-bond donors (Lipinski definition) is 3. The Morgan fingerprint density at radius 2 is 2.14 bits per heavy atom. The maximum atomic E-state index is 11.4. The molecule has 3 rings (SSSR count). The van der Waals surface area contributed by atoms with Gasteiger partial charge in [0, 0.05) is 23.0 Å². The standard InChI is InChI=1S/C15H15N5O2/c1-3-16-15-18-10-5-4-9(7-11(10)19-15)13-8(2)6-12(17-13)14(21)20-22/h4-7,17H,3H2,1-2H3,(H2,16,18,19). The number of H-pyrrole nitrogens is 2. The van der Waals surface area contributed by atoms with Crippen molar-refractivity contribution < 1.29 is 4.79 Å². The van der Waals surface area contributed by atoms with Crippen LogP contribution in [0.1, 0.15) is 23.0 Å². The zero-order valence-electron chi connectivity index (χ0n) is 12.2. The number of aryl methyl sites for hydroxylation is 1. The Balaban J connectivity index is 2.04. The van der Waals surface area contributed by atoms with E-state index in [1.54, 1.807) is 6.07 Å². The molecule has 0 aliphatic heterocycles. The Morgan fingerprint density at radius 3 is 2.86 bits per heavy atom. The Bertz CT molecular complexity index is 862. The summed E-state index contributed by atoms with van der Waals surface area (Å²) in [5.74, 6) is -0.0784. The van der Waals surface area contributed by atoms with E-state index in [2.05, 4.69) is 25.4 Å². The SMILES string of the molecule is CCNc1nc2ccc(-c3[nH]c(C(=O)N=O)cc3C)cc2[nH]1. The number of imidazole rings is 1. The number of fused-ring (bicyclic) bond motifs is 1. The second kappa shape index (κ2) is 5.44. The van der Waals surface area contributed by atoms with Gasteiger partial charge in [0.1, 0.15) is 5.69 Å². The largest absolute Gasteiger partial charge is 0.356 e. The van der Waals surface area contributed by atoms with Crippen LogP contribution in [0.2, 0.25) is 0 Å². The third kappa shape index (κ3) is 2.37. The first kappa shape index (κ1) is 14.0. The molecule has 7 heteroatoms. The molecule has 0 fully saturated rings. The summed E-state index contributed by atoms with van der Waals surface area (Å²) in [4.78, 5) is 32.3. The monoisotopic (exact) mass is 297 g/mol. The highest BCUT2D eigenvalue weighted by atomic mass is 16.3. The number of rotatable bonds is 4. The lowest BCUT2D eigenvalue weighted by atomic mass is 10.1. The van der Waals surface area contributed by atoms with Gasteiger partial charge < -0.3 is 15.3 Å². The quantitative estimate of drug-likeness (QED) is 0.643. The molecule has 0 spiro atoms. The Morgan fingerprint density at radius 1 is 1.32 bits per heavy atom. The topological polar surface area (TPSA) is 103 Å². The van der Waals surface area contributed by atoms with E-state index in [4.69, 9.17) is 0 Å². The molecule has 0 aliphatic carbocycles. The van der Waals surface area contributed by atoms with Gasteiger partial charge in [-0.3, -0.25) is 4.79 Å². The molecule has 2 heterocycles. The van der Waals surface area contributed by atoms with Crippen molar-refractivity contribution in [3.8, 4) is 11.3 Å². The Hall–Kier alpha value is -2.96. The lowest BCUT2D eigenvalue weighted by molar-refractivity contribution is 0.0996. The predicted molar refractivity (Wildman–Crippen MR) is 84.9 cm³/mol. The van der Waals surface area contributed by atoms with Gasteiger partial charge in [0.15, 0.2) is 0 Å². The van der Waals surface area contributed by atoms with Crippen molar-refractivity contribution in [3.63, 3.8) is 0 Å². The van der Waals surface area contributed by atoms with Gasteiger partial charge >= 0.3 is 5.91 Å². The molecule has 7 nitrogen and oxygen atoms in total. The average Bonchev–Trinajstić information content (AvgIpc) is 3.09. The molecule has 112 valence electrons. The molecule has 0 radical (unpaired) electrons. The molecule has 3 N–H and O–H groups in total. The first-order valence-corrected chi connectivity index (χ1v) is 6.93. The second-order valence-electron chi connectivity index (χ2n) is 4.99. The number of carbonyl (C=O) groups excluding carboxylic acids is 1. The molecule has 3 aromatic rings. The van der Waals surface area contributed by atoms with E-state index in [9.17, 15) is 9.70 Å². The average molecular weight is 297 g/mol. The predicted octanol–water partition coefficient (Wildman–Crippen LogP) is 3.20. The van der Waals surface area contributed by atoms with Crippen LogP contribution in [0.15, 0.2) is 29.4 Å². The molecule has 22 heavy (non-hydrogen) atoms. The summed E-state index contributed by atoms with van der Waals surface area (Å²) in [5, 5.41) is 5.56. The summed E-state index contributed by atoms with van der Waals surface area (Å²) in [5.41, 5.74) is 4.51. The molecule has 1 amide bonds. The van der Waals surface area contributed by atoms with E-state index >= 15 is 0 Å². The highest BCUT2D eigenvalue weighted by molar-refractivity contribution is 5.94. The third-order valence-electron chi connectivity index (χ3n) is 3.44. The lowest BCUT2D eigenvalue weighted by Crippen LogP contribution is -1.97. The molecule has 0 unspecified atom stereocenters. The minimum absolute atomic E-state index is 0.195. The zero-order chi connectivity index (χ0) is 15.7. The number of hydrogen-bond acceptors (Lipinski definition) is 4. The summed E-state index contributed by atoms with van der Waals surface area (Å²) >= 11 is 0.